The summed E-state index contributed by atoms with van der Waals surface area (Å²) in [6.07, 6.45) is 6.72. The highest BCUT2D eigenvalue weighted by atomic mass is 16.3. The van der Waals surface area contributed by atoms with Crippen LogP contribution in [0.4, 0.5) is 0 Å². The molecule has 0 aromatic rings. The van der Waals surface area contributed by atoms with E-state index in [9.17, 15) is 0 Å². The van der Waals surface area contributed by atoms with Crippen LogP contribution in [0, 0.1) is 11.8 Å². The molecule has 1 aliphatic rings. The normalized spacial score (nSPS) is 25.2. The molecule has 72 valence electrons. The Kier molecular flexibility index (Phi) is 4.02. The zero-order valence-electron chi connectivity index (χ0n) is 8.00. The summed E-state index contributed by atoms with van der Waals surface area (Å²) >= 11 is 0. The number of aliphatic hydroxyl groups is 1. The summed E-state index contributed by atoms with van der Waals surface area (Å²) in [6.45, 7) is 2.31. The van der Waals surface area contributed by atoms with Crippen LogP contribution in [0.15, 0.2) is 0 Å². The molecule has 0 radical (unpaired) electrons. The third-order valence-corrected chi connectivity index (χ3v) is 3.28. The summed E-state index contributed by atoms with van der Waals surface area (Å²) < 4.78 is 0. The first-order chi connectivity index (χ1) is 5.75. The minimum Gasteiger partial charge on any atom is -0.395 e. The quantitative estimate of drug-likeness (QED) is 0.676. The maximum Gasteiger partial charge on any atom is 0.0585 e. The molecule has 1 saturated carbocycles. The lowest BCUT2D eigenvalue weighted by molar-refractivity contribution is 0.172. The van der Waals surface area contributed by atoms with Gasteiger partial charge in [-0.15, -0.1) is 0 Å². The van der Waals surface area contributed by atoms with Gasteiger partial charge in [0.1, 0.15) is 0 Å². The smallest absolute Gasteiger partial charge is 0.0585 e. The van der Waals surface area contributed by atoms with Crippen molar-refractivity contribution in [2.75, 3.05) is 6.61 Å². The molecule has 0 saturated heterocycles. The van der Waals surface area contributed by atoms with Crippen LogP contribution >= 0.6 is 0 Å². The summed E-state index contributed by atoms with van der Waals surface area (Å²) in [5.74, 6) is 1.26. The van der Waals surface area contributed by atoms with Gasteiger partial charge in [-0.1, -0.05) is 39.0 Å². The van der Waals surface area contributed by atoms with E-state index < -0.39 is 0 Å². The highest BCUT2D eigenvalue weighted by molar-refractivity contribution is 4.78. The van der Waals surface area contributed by atoms with E-state index in [0.717, 1.165) is 5.92 Å². The van der Waals surface area contributed by atoms with E-state index in [0.29, 0.717) is 5.92 Å². The number of hydrogen-bond acceptors (Lipinski definition) is 2. The molecule has 2 nitrogen and oxygen atoms in total. The van der Waals surface area contributed by atoms with Gasteiger partial charge in [-0.05, 0) is 11.8 Å². The second-order valence-electron chi connectivity index (χ2n) is 4.10. The number of aliphatic hydroxyl groups excluding tert-OH is 1. The lowest BCUT2D eigenvalue weighted by Crippen LogP contribution is -2.36. The molecule has 3 N–H and O–H groups in total. The average molecular weight is 171 g/mol. The molecule has 1 aliphatic carbocycles. The Morgan fingerprint density at radius 2 is 1.92 bits per heavy atom. The van der Waals surface area contributed by atoms with Crippen LogP contribution < -0.4 is 5.73 Å². The molecule has 2 atom stereocenters. The predicted molar refractivity (Wildman–Crippen MR) is 50.8 cm³/mol. The van der Waals surface area contributed by atoms with Gasteiger partial charge >= 0.3 is 0 Å². The van der Waals surface area contributed by atoms with Crippen molar-refractivity contribution in [1.82, 2.24) is 0 Å². The molecule has 0 bridgehead atoms. The van der Waals surface area contributed by atoms with Gasteiger partial charge in [0.2, 0.25) is 0 Å². The number of rotatable bonds is 3. The first-order valence-electron chi connectivity index (χ1n) is 5.12. The van der Waals surface area contributed by atoms with Gasteiger partial charge in [-0.2, -0.15) is 0 Å². The van der Waals surface area contributed by atoms with Gasteiger partial charge in [0, 0.05) is 6.04 Å². The van der Waals surface area contributed by atoms with Crippen LogP contribution in [-0.4, -0.2) is 17.8 Å². The van der Waals surface area contributed by atoms with E-state index in [4.69, 9.17) is 10.8 Å². The SMILES string of the molecule is CC(C(N)CO)C1CCCCC1. The minimum absolute atomic E-state index is 0.00639. The zero-order valence-corrected chi connectivity index (χ0v) is 8.00. The van der Waals surface area contributed by atoms with Gasteiger partial charge in [-0.25, -0.2) is 0 Å². The largest absolute Gasteiger partial charge is 0.395 e. The Labute approximate surface area is 75.2 Å². The topological polar surface area (TPSA) is 46.2 Å². The monoisotopic (exact) mass is 171 g/mol. The highest BCUT2D eigenvalue weighted by Gasteiger charge is 2.23. The standard InChI is InChI=1S/C10H21NO/c1-8(10(11)7-12)9-5-3-2-4-6-9/h8-10,12H,2-7,11H2,1H3. The fourth-order valence-corrected chi connectivity index (χ4v) is 2.18. The molecular weight excluding hydrogens is 150 g/mol. The Balaban J connectivity index is 2.33. The first-order valence-corrected chi connectivity index (χ1v) is 5.12. The van der Waals surface area contributed by atoms with Crippen molar-refractivity contribution in [3.63, 3.8) is 0 Å². The molecule has 0 aliphatic heterocycles. The second-order valence-corrected chi connectivity index (χ2v) is 4.10. The van der Waals surface area contributed by atoms with Gasteiger partial charge < -0.3 is 10.8 Å². The fraction of sp³-hybridized carbons (Fsp3) is 1.00. The summed E-state index contributed by atoms with van der Waals surface area (Å²) in [4.78, 5) is 0. The van der Waals surface area contributed by atoms with Gasteiger partial charge in [-0.3, -0.25) is 0 Å². The lowest BCUT2D eigenvalue weighted by Gasteiger charge is -2.30. The molecule has 12 heavy (non-hydrogen) atoms. The van der Waals surface area contributed by atoms with Crippen LogP contribution in [0.25, 0.3) is 0 Å². The van der Waals surface area contributed by atoms with E-state index in [2.05, 4.69) is 6.92 Å². The molecule has 0 amide bonds. The van der Waals surface area contributed by atoms with Crippen LogP contribution in [0.3, 0.4) is 0 Å². The van der Waals surface area contributed by atoms with E-state index in [1.54, 1.807) is 0 Å². The Bertz CT molecular complexity index is 121. The highest BCUT2D eigenvalue weighted by Crippen LogP contribution is 2.30. The van der Waals surface area contributed by atoms with Crippen LogP contribution in [0.5, 0.6) is 0 Å². The van der Waals surface area contributed by atoms with Crippen molar-refractivity contribution in [2.24, 2.45) is 17.6 Å². The number of nitrogens with two attached hydrogens (primary N) is 1. The van der Waals surface area contributed by atoms with E-state index >= 15 is 0 Å². The Hall–Kier alpha value is -0.0800. The summed E-state index contributed by atoms with van der Waals surface area (Å²) in [5.41, 5.74) is 5.80. The minimum atomic E-state index is -0.00639. The Morgan fingerprint density at radius 3 is 2.42 bits per heavy atom. The van der Waals surface area contributed by atoms with Gasteiger partial charge in [0.15, 0.2) is 0 Å². The third-order valence-electron chi connectivity index (χ3n) is 3.28. The number of hydrogen-bond donors (Lipinski definition) is 2. The van der Waals surface area contributed by atoms with Crippen LogP contribution in [0.1, 0.15) is 39.0 Å². The molecule has 1 rings (SSSR count). The summed E-state index contributed by atoms with van der Waals surface area (Å²) in [7, 11) is 0. The lowest BCUT2D eigenvalue weighted by atomic mass is 9.78. The predicted octanol–water partition coefficient (Wildman–Crippen LogP) is 1.52. The van der Waals surface area contributed by atoms with Crippen molar-refractivity contribution in [1.29, 1.82) is 0 Å². The first kappa shape index (κ1) is 10.0. The summed E-state index contributed by atoms with van der Waals surface area (Å²) in [6, 6.07) is -0.00639. The van der Waals surface area contributed by atoms with Gasteiger partial charge in [0.25, 0.3) is 0 Å². The summed E-state index contributed by atoms with van der Waals surface area (Å²) in [5, 5.41) is 8.91. The van der Waals surface area contributed by atoms with Crippen LogP contribution in [-0.2, 0) is 0 Å². The van der Waals surface area contributed by atoms with Crippen molar-refractivity contribution in [3.8, 4) is 0 Å². The molecule has 0 spiro atoms. The van der Waals surface area contributed by atoms with Gasteiger partial charge in [0.05, 0.1) is 6.61 Å². The molecular formula is C10H21NO. The third kappa shape index (κ3) is 2.46. The van der Waals surface area contributed by atoms with E-state index in [-0.39, 0.29) is 12.6 Å². The van der Waals surface area contributed by atoms with E-state index in [1.807, 2.05) is 0 Å². The van der Waals surface area contributed by atoms with Crippen molar-refractivity contribution < 1.29 is 5.11 Å². The van der Waals surface area contributed by atoms with Crippen molar-refractivity contribution in [3.05, 3.63) is 0 Å². The molecule has 0 aromatic carbocycles. The van der Waals surface area contributed by atoms with E-state index in [1.165, 1.54) is 32.1 Å². The van der Waals surface area contributed by atoms with Crippen LogP contribution in [0.2, 0.25) is 0 Å². The second kappa shape index (κ2) is 4.83. The molecule has 2 heteroatoms. The Morgan fingerprint density at radius 1 is 1.33 bits per heavy atom. The molecule has 1 fully saturated rings. The zero-order chi connectivity index (χ0) is 8.97. The molecule has 2 unspecified atom stereocenters. The average Bonchev–Trinajstić information content (AvgIpc) is 2.17. The maximum absolute atomic E-state index is 8.91. The van der Waals surface area contributed by atoms with Crippen molar-refractivity contribution in [2.45, 2.75) is 45.1 Å². The van der Waals surface area contributed by atoms with Crippen molar-refractivity contribution >= 4 is 0 Å². The molecule has 0 heterocycles. The fourth-order valence-electron chi connectivity index (χ4n) is 2.18. The molecule has 0 aromatic heterocycles. The maximum atomic E-state index is 8.91.